The zero-order valence-electron chi connectivity index (χ0n) is 4.00. The molecule has 2 rings (SSSR count). The van der Waals surface area contributed by atoms with Crippen molar-refractivity contribution in [3.63, 3.8) is 0 Å². The number of rotatable bonds is 0. The summed E-state index contributed by atoms with van der Waals surface area (Å²) in [7, 11) is 0. The molecule has 2 aromatic heterocycles. The van der Waals surface area contributed by atoms with Crippen molar-refractivity contribution in [3.8, 4) is 0 Å². The average molecular weight is 188 g/mol. The van der Waals surface area contributed by atoms with Crippen LogP contribution in [0.5, 0.6) is 0 Å². The molecule has 3 heteroatoms. The minimum absolute atomic E-state index is 0.608. The van der Waals surface area contributed by atoms with Gasteiger partial charge in [-0.1, -0.05) is 0 Å². The van der Waals surface area contributed by atoms with Crippen LogP contribution in [0, 0.1) is 0 Å². The molecule has 0 saturated carbocycles. The quantitative estimate of drug-likeness (QED) is 0.569. The van der Waals surface area contributed by atoms with Gasteiger partial charge in [-0.05, 0) is 0 Å². The number of thiazole rings is 1. The number of fused-ring (bicyclic) bond motifs is 1. The van der Waals surface area contributed by atoms with Crippen LogP contribution in [0.25, 0.3) is 9.09 Å². The molecule has 0 aliphatic heterocycles. The maximum absolute atomic E-state index is 4.14. The van der Waals surface area contributed by atoms with E-state index in [1.807, 2.05) is 5.51 Å². The Hall–Kier alpha value is -0.111. The van der Waals surface area contributed by atoms with Crippen LogP contribution in [0.15, 0.2) is 16.5 Å². The Morgan fingerprint density at radius 1 is 1.62 bits per heavy atom. The van der Waals surface area contributed by atoms with E-state index in [4.69, 9.17) is 0 Å². The fourth-order valence-corrected chi connectivity index (χ4v) is 3.25. The molecule has 0 N–H and O–H groups in total. The van der Waals surface area contributed by atoms with Crippen molar-refractivity contribution in [2.24, 2.45) is 0 Å². The Labute approximate surface area is 56.7 Å². The summed E-state index contributed by atoms with van der Waals surface area (Å²) in [6.45, 7) is 0. The van der Waals surface area contributed by atoms with Gasteiger partial charge in [-0.2, -0.15) is 0 Å². The van der Waals surface area contributed by atoms with Gasteiger partial charge in [-0.15, -0.1) is 0 Å². The van der Waals surface area contributed by atoms with Gasteiger partial charge >= 0.3 is 56.4 Å². The van der Waals surface area contributed by atoms with E-state index in [2.05, 4.69) is 16.0 Å². The molecule has 0 radical (unpaired) electrons. The summed E-state index contributed by atoms with van der Waals surface area (Å²) >= 11 is 2.37. The molecule has 2 heterocycles. The number of aromatic nitrogens is 1. The first-order valence-electron chi connectivity index (χ1n) is 2.23. The van der Waals surface area contributed by atoms with Crippen LogP contribution >= 0.6 is 11.3 Å². The molecule has 0 aromatic carbocycles. The first-order chi connectivity index (χ1) is 3.97. The SMILES string of the molecule is c1nc2cc[se]c2s1. The second kappa shape index (κ2) is 1.69. The number of hydrogen-bond acceptors (Lipinski definition) is 2. The fourth-order valence-electron chi connectivity index (χ4n) is 0.604. The van der Waals surface area contributed by atoms with Crippen molar-refractivity contribution in [1.29, 1.82) is 0 Å². The standard InChI is InChI=1S/C5H3NSSe/c1-2-8-5-4(1)6-3-7-5/h1-3H. The molecule has 0 spiro atoms. The summed E-state index contributed by atoms with van der Waals surface area (Å²) in [6, 6.07) is 2.10. The third-order valence-electron chi connectivity index (χ3n) is 0.962. The van der Waals surface area contributed by atoms with Gasteiger partial charge in [0.15, 0.2) is 0 Å². The molecule has 0 atom stereocenters. The minimum atomic E-state index is 0.608. The van der Waals surface area contributed by atoms with Crippen LogP contribution in [-0.4, -0.2) is 19.5 Å². The van der Waals surface area contributed by atoms with E-state index in [1.54, 1.807) is 11.3 Å². The van der Waals surface area contributed by atoms with Crippen molar-refractivity contribution >= 4 is 34.9 Å². The van der Waals surface area contributed by atoms with Gasteiger partial charge in [0.2, 0.25) is 0 Å². The van der Waals surface area contributed by atoms with E-state index in [0.29, 0.717) is 14.5 Å². The summed E-state index contributed by atoms with van der Waals surface area (Å²) in [4.78, 5) is 6.35. The molecule has 0 bridgehead atoms. The monoisotopic (exact) mass is 189 g/mol. The van der Waals surface area contributed by atoms with E-state index in [9.17, 15) is 0 Å². The maximum atomic E-state index is 4.14. The fraction of sp³-hybridized carbons (Fsp3) is 0. The predicted molar refractivity (Wildman–Crippen MR) is 36.6 cm³/mol. The van der Waals surface area contributed by atoms with Crippen molar-refractivity contribution in [1.82, 2.24) is 4.98 Å². The van der Waals surface area contributed by atoms with Gasteiger partial charge < -0.3 is 0 Å². The van der Waals surface area contributed by atoms with Crippen LogP contribution in [-0.2, 0) is 0 Å². The molecule has 0 saturated heterocycles. The predicted octanol–water partition coefficient (Wildman–Crippen LogP) is 1.35. The summed E-state index contributed by atoms with van der Waals surface area (Å²) in [5.41, 5.74) is 3.12. The van der Waals surface area contributed by atoms with Crippen molar-refractivity contribution in [2.45, 2.75) is 0 Å². The normalized spacial score (nSPS) is 10.5. The molecule has 1 nitrogen and oxygen atoms in total. The molecular formula is C5H3NSSe. The Kier molecular flexibility index (Phi) is 1.00. The first kappa shape index (κ1) is 4.74. The first-order valence-corrected chi connectivity index (χ1v) is 4.96. The molecule has 0 amide bonds. The molecule has 2 aromatic rings. The van der Waals surface area contributed by atoms with Crippen LogP contribution < -0.4 is 0 Å². The van der Waals surface area contributed by atoms with Gasteiger partial charge in [0, 0.05) is 0 Å². The summed E-state index contributed by atoms with van der Waals surface area (Å²) in [5, 5.41) is 0. The van der Waals surface area contributed by atoms with Gasteiger partial charge in [0.1, 0.15) is 0 Å². The summed E-state index contributed by atoms with van der Waals surface area (Å²) in [5.74, 6) is 0. The van der Waals surface area contributed by atoms with Crippen molar-refractivity contribution in [3.05, 3.63) is 16.5 Å². The topological polar surface area (TPSA) is 12.9 Å². The van der Waals surface area contributed by atoms with Crippen LogP contribution in [0.1, 0.15) is 0 Å². The zero-order valence-corrected chi connectivity index (χ0v) is 6.53. The Morgan fingerprint density at radius 3 is 3.50 bits per heavy atom. The van der Waals surface area contributed by atoms with Gasteiger partial charge in [0.25, 0.3) is 0 Å². The van der Waals surface area contributed by atoms with E-state index < -0.39 is 0 Å². The van der Waals surface area contributed by atoms with Gasteiger partial charge in [-0.25, -0.2) is 0 Å². The Morgan fingerprint density at radius 2 is 2.62 bits per heavy atom. The number of nitrogens with zero attached hydrogens (tertiary/aromatic N) is 1. The summed E-state index contributed by atoms with van der Waals surface area (Å²) in [6.07, 6.45) is 0. The molecule has 0 fully saturated rings. The van der Waals surface area contributed by atoms with Crippen LogP contribution in [0.4, 0.5) is 0 Å². The molecule has 0 aliphatic carbocycles. The van der Waals surface area contributed by atoms with Crippen LogP contribution in [0.2, 0.25) is 0 Å². The third-order valence-corrected chi connectivity index (χ3v) is 4.16. The number of hydrogen-bond donors (Lipinski definition) is 0. The zero-order chi connectivity index (χ0) is 5.40. The molecular weight excluding hydrogens is 185 g/mol. The third kappa shape index (κ3) is 0.558. The van der Waals surface area contributed by atoms with E-state index in [1.165, 1.54) is 9.09 Å². The van der Waals surface area contributed by atoms with E-state index in [0.717, 1.165) is 0 Å². The van der Waals surface area contributed by atoms with Crippen molar-refractivity contribution < 1.29 is 0 Å². The molecule has 0 unspecified atom stereocenters. The molecule has 0 aliphatic rings. The van der Waals surface area contributed by atoms with Gasteiger partial charge in [-0.3, -0.25) is 0 Å². The Bertz CT molecular complexity index is 234. The van der Waals surface area contributed by atoms with Gasteiger partial charge in [0.05, 0.1) is 0 Å². The van der Waals surface area contributed by atoms with E-state index >= 15 is 0 Å². The second-order valence-electron chi connectivity index (χ2n) is 1.45. The van der Waals surface area contributed by atoms with Crippen LogP contribution in [0.3, 0.4) is 0 Å². The molecule has 40 valence electrons. The summed E-state index contributed by atoms with van der Waals surface area (Å²) < 4.78 is 1.47. The average Bonchev–Trinajstić information content (AvgIpc) is 2.15. The second-order valence-corrected chi connectivity index (χ2v) is 4.81. The van der Waals surface area contributed by atoms with E-state index in [-0.39, 0.29) is 0 Å². The Balaban J connectivity index is 3.06. The molecule has 8 heavy (non-hydrogen) atoms. The van der Waals surface area contributed by atoms with Crippen molar-refractivity contribution in [2.75, 3.05) is 0 Å².